The fourth-order valence-electron chi connectivity index (χ4n) is 3.41. The summed E-state index contributed by atoms with van der Waals surface area (Å²) in [6.07, 6.45) is 5.93. The Morgan fingerprint density at radius 3 is 2.64 bits per heavy atom. The van der Waals surface area contributed by atoms with Crippen molar-refractivity contribution in [1.29, 1.82) is 0 Å². The first-order valence-electron chi connectivity index (χ1n) is 7.84. The molecule has 22 heavy (non-hydrogen) atoms. The summed E-state index contributed by atoms with van der Waals surface area (Å²) in [6, 6.07) is 0.314. The van der Waals surface area contributed by atoms with Gasteiger partial charge in [0.25, 0.3) is 5.91 Å². The van der Waals surface area contributed by atoms with E-state index in [-0.39, 0.29) is 5.91 Å². The Morgan fingerprint density at radius 2 is 2.05 bits per heavy atom. The molecule has 1 aliphatic rings. The van der Waals surface area contributed by atoms with Crippen LogP contribution in [0.5, 0.6) is 0 Å². The number of aromatic nitrogens is 2. The molecule has 0 unspecified atom stereocenters. The normalized spacial score (nSPS) is 18.7. The molecular weight excluding hydrogens is 278 g/mol. The molecular formula is C17H23N3O2. The quantitative estimate of drug-likeness (QED) is 0.856. The highest BCUT2D eigenvalue weighted by Crippen LogP contribution is 2.27. The molecule has 0 spiro atoms. The van der Waals surface area contributed by atoms with Gasteiger partial charge in [0.15, 0.2) is 0 Å². The second-order valence-corrected chi connectivity index (χ2v) is 6.14. The lowest BCUT2D eigenvalue weighted by molar-refractivity contribution is 0.0676. The molecule has 3 rings (SSSR count). The topological polar surface area (TPSA) is 51.3 Å². The summed E-state index contributed by atoms with van der Waals surface area (Å²) in [5.41, 5.74) is 1.70. The van der Waals surface area contributed by atoms with Crippen LogP contribution in [0.2, 0.25) is 0 Å². The number of carbonyl (C=O) groups excluding carboxylic acids is 1. The number of carbonyl (C=O) groups is 1. The number of rotatable bonds is 2. The Labute approximate surface area is 130 Å². The molecule has 1 saturated heterocycles. The largest absolute Gasteiger partial charge is 0.466 e. The van der Waals surface area contributed by atoms with Gasteiger partial charge in [0.1, 0.15) is 17.3 Å². The standard InChI is InChI=1S/C17H23N3O2/c1-11-12(2)22-13(3)16(11)17(21)19-8-5-6-15(10-19)20-9-7-18-14(20)4/h7,9,15H,5-6,8,10H2,1-4H3/t15-/m1/s1. The van der Waals surface area contributed by atoms with E-state index in [0.29, 0.717) is 6.04 Å². The number of piperidine rings is 1. The van der Waals surface area contributed by atoms with E-state index in [9.17, 15) is 4.79 Å². The third-order valence-corrected chi connectivity index (χ3v) is 4.71. The van der Waals surface area contributed by atoms with Crippen molar-refractivity contribution >= 4 is 5.91 Å². The van der Waals surface area contributed by atoms with E-state index in [0.717, 1.165) is 54.4 Å². The van der Waals surface area contributed by atoms with Crippen molar-refractivity contribution < 1.29 is 9.21 Å². The summed E-state index contributed by atoms with van der Waals surface area (Å²) in [5.74, 6) is 2.65. The number of likely N-dealkylation sites (tertiary alicyclic amines) is 1. The van der Waals surface area contributed by atoms with Gasteiger partial charge in [-0.25, -0.2) is 4.98 Å². The minimum atomic E-state index is 0.0920. The summed E-state index contributed by atoms with van der Waals surface area (Å²) >= 11 is 0. The highest BCUT2D eigenvalue weighted by Gasteiger charge is 2.29. The maximum Gasteiger partial charge on any atom is 0.257 e. The van der Waals surface area contributed by atoms with Gasteiger partial charge in [-0.3, -0.25) is 4.79 Å². The predicted molar refractivity (Wildman–Crippen MR) is 84.1 cm³/mol. The Hall–Kier alpha value is -2.04. The van der Waals surface area contributed by atoms with Crippen LogP contribution in [0.15, 0.2) is 16.8 Å². The van der Waals surface area contributed by atoms with Gasteiger partial charge in [-0.15, -0.1) is 0 Å². The lowest BCUT2D eigenvalue weighted by Crippen LogP contribution is -2.41. The molecule has 5 nitrogen and oxygen atoms in total. The fourth-order valence-corrected chi connectivity index (χ4v) is 3.41. The molecule has 1 amide bonds. The highest BCUT2D eigenvalue weighted by atomic mass is 16.3. The Kier molecular flexibility index (Phi) is 3.81. The van der Waals surface area contributed by atoms with E-state index in [2.05, 4.69) is 9.55 Å². The van der Waals surface area contributed by atoms with E-state index < -0.39 is 0 Å². The molecule has 3 heterocycles. The van der Waals surface area contributed by atoms with Gasteiger partial charge >= 0.3 is 0 Å². The van der Waals surface area contributed by atoms with Crippen molar-refractivity contribution in [2.24, 2.45) is 0 Å². The zero-order chi connectivity index (χ0) is 15.9. The summed E-state index contributed by atoms with van der Waals surface area (Å²) in [6.45, 7) is 9.29. The zero-order valence-corrected chi connectivity index (χ0v) is 13.7. The molecule has 0 N–H and O–H groups in total. The van der Waals surface area contributed by atoms with Gasteiger partial charge in [0.2, 0.25) is 0 Å². The lowest BCUT2D eigenvalue weighted by Gasteiger charge is -2.34. The number of furan rings is 1. The molecule has 118 valence electrons. The molecule has 2 aromatic rings. The number of aryl methyl sites for hydroxylation is 3. The third-order valence-electron chi connectivity index (χ3n) is 4.71. The SMILES string of the molecule is Cc1oc(C)c(C(=O)N2CCC[C@@H](n3ccnc3C)C2)c1C. The van der Waals surface area contributed by atoms with Gasteiger partial charge < -0.3 is 13.9 Å². The van der Waals surface area contributed by atoms with Crippen LogP contribution < -0.4 is 0 Å². The molecule has 1 aliphatic heterocycles. The van der Waals surface area contributed by atoms with Gasteiger partial charge in [0, 0.05) is 31.0 Å². The first-order valence-corrected chi connectivity index (χ1v) is 7.84. The first-order chi connectivity index (χ1) is 10.5. The minimum Gasteiger partial charge on any atom is -0.466 e. The second-order valence-electron chi connectivity index (χ2n) is 6.14. The molecule has 0 radical (unpaired) electrons. The van der Waals surface area contributed by atoms with Crippen molar-refractivity contribution in [2.75, 3.05) is 13.1 Å². The van der Waals surface area contributed by atoms with Crippen LogP contribution in [0, 0.1) is 27.7 Å². The molecule has 1 atom stereocenters. The van der Waals surface area contributed by atoms with E-state index in [4.69, 9.17) is 4.42 Å². The van der Waals surface area contributed by atoms with Crippen LogP contribution >= 0.6 is 0 Å². The first kappa shape index (κ1) is 14.9. The number of amides is 1. The summed E-state index contributed by atoms with van der Waals surface area (Å²) in [4.78, 5) is 19.1. The van der Waals surface area contributed by atoms with Crippen LogP contribution in [0.4, 0.5) is 0 Å². The highest BCUT2D eigenvalue weighted by molar-refractivity contribution is 5.97. The van der Waals surface area contributed by atoms with Gasteiger partial charge in [-0.1, -0.05) is 0 Å². The second kappa shape index (κ2) is 5.63. The zero-order valence-electron chi connectivity index (χ0n) is 13.7. The van der Waals surface area contributed by atoms with E-state index in [1.54, 1.807) is 0 Å². The third kappa shape index (κ3) is 2.45. The molecule has 0 aliphatic carbocycles. The average Bonchev–Trinajstić information content (AvgIpc) is 3.03. The maximum atomic E-state index is 12.9. The molecule has 0 bridgehead atoms. The monoisotopic (exact) mass is 301 g/mol. The van der Waals surface area contributed by atoms with Crippen LogP contribution in [0.3, 0.4) is 0 Å². The van der Waals surface area contributed by atoms with E-state index in [1.807, 2.05) is 45.0 Å². The van der Waals surface area contributed by atoms with Crippen molar-refractivity contribution in [1.82, 2.24) is 14.5 Å². The summed E-state index contributed by atoms with van der Waals surface area (Å²) < 4.78 is 7.79. The van der Waals surface area contributed by atoms with Crippen molar-refractivity contribution in [3.05, 3.63) is 40.9 Å². The average molecular weight is 301 g/mol. The van der Waals surface area contributed by atoms with Crippen LogP contribution in [0.1, 0.15) is 52.1 Å². The van der Waals surface area contributed by atoms with Crippen LogP contribution in [-0.2, 0) is 0 Å². The van der Waals surface area contributed by atoms with Crippen molar-refractivity contribution in [3.63, 3.8) is 0 Å². The van der Waals surface area contributed by atoms with E-state index >= 15 is 0 Å². The summed E-state index contributed by atoms with van der Waals surface area (Å²) in [7, 11) is 0. The molecule has 1 fully saturated rings. The van der Waals surface area contributed by atoms with Crippen LogP contribution in [-0.4, -0.2) is 33.4 Å². The lowest BCUT2D eigenvalue weighted by atomic mass is 10.0. The number of nitrogens with zero attached hydrogens (tertiary/aromatic N) is 3. The molecule has 0 saturated carbocycles. The number of hydrogen-bond acceptors (Lipinski definition) is 3. The fraction of sp³-hybridized carbons (Fsp3) is 0.529. The molecule has 2 aromatic heterocycles. The minimum absolute atomic E-state index is 0.0920. The smallest absolute Gasteiger partial charge is 0.257 e. The Bertz CT molecular complexity index is 699. The predicted octanol–water partition coefficient (Wildman–Crippen LogP) is 3.19. The van der Waals surface area contributed by atoms with Gasteiger partial charge in [-0.05, 0) is 40.5 Å². The van der Waals surface area contributed by atoms with Crippen LogP contribution in [0.25, 0.3) is 0 Å². The van der Waals surface area contributed by atoms with E-state index in [1.165, 1.54) is 0 Å². The van der Waals surface area contributed by atoms with Crippen molar-refractivity contribution in [2.45, 2.75) is 46.6 Å². The van der Waals surface area contributed by atoms with Gasteiger partial charge in [0.05, 0.1) is 11.6 Å². The van der Waals surface area contributed by atoms with Crippen molar-refractivity contribution in [3.8, 4) is 0 Å². The summed E-state index contributed by atoms with van der Waals surface area (Å²) in [5, 5.41) is 0. The Balaban J connectivity index is 1.83. The maximum absolute atomic E-state index is 12.9. The number of imidazole rings is 1. The molecule has 0 aromatic carbocycles. The van der Waals surface area contributed by atoms with Gasteiger partial charge in [-0.2, -0.15) is 0 Å². The molecule has 5 heteroatoms. The number of hydrogen-bond donors (Lipinski definition) is 0. The Morgan fingerprint density at radius 1 is 1.27 bits per heavy atom.